The van der Waals surface area contributed by atoms with Gasteiger partial charge in [0, 0.05) is 0 Å². The molecule has 60 valence electrons. The van der Waals surface area contributed by atoms with Gasteiger partial charge in [-0.05, 0) is 0 Å². The summed E-state index contributed by atoms with van der Waals surface area (Å²) in [5.74, 6) is 0. The van der Waals surface area contributed by atoms with Crippen LogP contribution in [-0.4, -0.2) is 25.5 Å². The van der Waals surface area contributed by atoms with Crippen LogP contribution in [0.25, 0.3) is 0 Å². The zero-order valence-electron chi connectivity index (χ0n) is 5.26. The minimum atomic E-state index is -1.26. The summed E-state index contributed by atoms with van der Waals surface area (Å²) in [5.41, 5.74) is 0. The van der Waals surface area contributed by atoms with Crippen LogP contribution in [0.5, 0.6) is 0 Å². The van der Waals surface area contributed by atoms with Crippen LogP contribution in [0.4, 0.5) is 0 Å². The zero-order valence-corrected chi connectivity index (χ0v) is 7.66. The van der Waals surface area contributed by atoms with Crippen LogP contribution in [0.3, 0.4) is 0 Å². The molecule has 0 amide bonds. The van der Waals surface area contributed by atoms with Crippen molar-refractivity contribution in [3.63, 3.8) is 0 Å². The lowest BCUT2D eigenvalue weighted by Crippen LogP contribution is -1.94. The fourth-order valence-electron chi connectivity index (χ4n) is 0.384. The molecule has 0 aromatic carbocycles. The smallest absolute Gasteiger partial charge is 0.275 e. The largest absolute Gasteiger partial charge is 0.343 e. The molecule has 0 aliphatic rings. The molecule has 0 rings (SSSR count). The Labute approximate surface area is 70.7 Å². The molecule has 0 spiro atoms. The Balaban J connectivity index is 3.09. The SMILES string of the molecule is O=[P+](CCOCl)CCOCl. The molecule has 0 aliphatic carbocycles. The van der Waals surface area contributed by atoms with Gasteiger partial charge in [-0.1, -0.05) is 4.57 Å². The van der Waals surface area contributed by atoms with Crippen molar-refractivity contribution in [3.05, 3.63) is 0 Å². The van der Waals surface area contributed by atoms with Gasteiger partial charge in [-0.2, -0.15) is 0 Å². The average Bonchev–Trinajstić information content (AvgIpc) is 1.97. The summed E-state index contributed by atoms with van der Waals surface area (Å²) in [4.78, 5) is 0. The molecule has 0 fully saturated rings. The molecular weight excluding hydrogens is 198 g/mol. The molecule has 0 atom stereocenters. The van der Waals surface area contributed by atoms with Crippen molar-refractivity contribution < 1.29 is 13.1 Å². The van der Waals surface area contributed by atoms with E-state index < -0.39 is 7.80 Å². The first-order valence-corrected chi connectivity index (χ1v) is 4.95. The standard InChI is InChI=1S/C4H8Cl2O3P/c5-8-1-3-10(7)4-2-9-6/h1-4H2/q+1. The van der Waals surface area contributed by atoms with Crippen LogP contribution >= 0.6 is 31.5 Å². The molecule has 0 radical (unpaired) electrons. The Morgan fingerprint density at radius 1 is 1.10 bits per heavy atom. The highest BCUT2D eigenvalue weighted by molar-refractivity contribution is 7.44. The number of hydrogen-bond acceptors (Lipinski definition) is 3. The van der Waals surface area contributed by atoms with Crippen molar-refractivity contribution in [1.29, 1.82) is 0 Å². The van der Waals surface area contributed by atoms with Crippen LogP contribution in [-0.2, 0) is 13.1 Å². The highest BCUT2D eigenvalue weighted by atomic mass is 35.5. The summed E-state index contributed by atoms with van der Waals surface area (Å²) in [5, 5.41) is 0. The van der Waals surface area contributed by atoms with Crippen molar-refractivity contribution in [1.82, 2.24) is 0 Å². The summed E-state index contributed by atoms with van der Waals surface area (Å²) < 4.78 is 19.2. The molecule has 0 saturated carbocycles. The maximum atomic E-state index is 10.8. The van der Waals surface area contributed by atoms with E-state index in [0.29, 0.717) is 25.5 Å². The minimum absolute atomic E-state index is 0.305. The molecule has 0 N–H and O–H groups in total. The quantitative estimate of drug-likeness (QED) is 0.624. The van der Waals surface area contributed by atoms with Gasteiger partial charge in [0.25, 0.3) is 0 Å². The number of rotatable bonds is 6. The molecule has 6 heteroatoms. The first-order chi connectivity index (χ1) is 4.81. The molecule has 10 heavy (non-hydrogen) atoms. The first kappa shape index (κ1) is 10.6. The van der Waals surface area contributed by atoms with Gasteiger partial charge < -0.3 is 0 Å². The van der Waals surface area contributed by atoms with Crippen LogP contribution in [0.2, 0.25) is 0 Å². The molecule has 3 nitrogen and oxygen atoms in total. The second kappa shape index (κ2) is 7.70. The van der Waals surface area contributed by atoms with E-state index >= 15 is 0 Å². The van der Waals surface area contributed by atoms with E-state index in [-0.39, 0.29) is 0 Å². The third-order valence-corrected chi connectivity index (χ3v) is 2.51. The molecule has 0 heterocycles. The average molecular weight is 206 g/mol. The Kier molecular flexibility index (Phi) is 8.17. The summed E-state index contributed by atoms with van der Waals surface area (Å²) in [6, 6.07) is 0. The first-order valence-electron chi connectivity index (χ1n) is 2.70. The lowest BCUT2D eigenvalue weighted by Gasteiger charge is -1.85. The molecule has 0 aromatic heterocycles. The number of hydrogen-bond donors (Lipinski definition) is 0. The Morgan fingerprint density at radius 3 is 1.80 bits per heavy atom. The monoisotopic (exact) mass is 205 g/mol. The second-order valence-corrected chi connectivity index (χ2v) is 3.85. The fraction of sp³-hybridized carbons (Fsp3) is 1.00. The van der Waals surface area contributed by atoms with E-state index in [1.165, 1.54) is 0 Å². The van der Waals surface area contributed by atoms with Gasteiger partial charge in [0.15, 0.2) is 12.3 Å². The summed E-state index contributed by atoms with van der Waals surface area (Å²) in [6.07, 6.45) is 0.915. The normalized spacial score (nSPS) is 9.80. The molecular formula is C4H8Cl2O3P+. The molecule has 0 saturated heterocycles. The van der Waals surface area contributed by atoms with Crippen molar-refractivity contribution in [2.45, 2.75) is 0 Å². The van der Waals surface area contributed by atoms with Gasteiger partial charge in [0.05, 0.1) is 23.7 Å². The third-order valence-electron chi connectivity index (χ3n) is 0.836. The van der Waals surface area contributed by atoms with Crippen LogP contribution in [0.1, 0.15) is 0 Å². The second-order valence-electron chi connectivity index (χ2n) is 1.56. The predicted molar refractivity (Wildman–Crippen MR) is 41.0 cm³/mol. The van der Waals surface area contributed by atoms with Gasteiger partial charge in [0.2, 0.25) is 0 Å². The third kappa shape index (κ3) is 6.72. The predicted octanol–water partition coefficient (Wildman–Crippen LogP) is 2.15. The van der Waals surface area contributed by atoms with Gasteiger partial charge in [-0.3, -0.25) is 8.58 Å². The van der Waals surface area contributed by atoms with Gasteiger partial charge in [0.1, 0.15) is 13.2 Å². The zero-order chi connectivity index (χ0) is 7.82. The Hall–Kier alpha value is 0.600. The van der Waals surface area contributed by atoms with E-state index in [1.807, 2.05) is 0 Å². The van der Waals surface area contributed by atoms with E-state index in [9.17, 15) is 4.57 Å². The van der Waals surface area contributed by atoms with Crippen LogP contribution in [0.15, 0.2) is 0 Å². The maximum absolute atomic E-state index is 10.8. The van der Waals surface area contributed by atoms with Crippen molar-refractivity contribution in [2.24, 2.45) is 0 Å². The van der Waals surface area contributed by atoms with Gasteiger partial charge >= 0.3 is 7.80 Å². The Bertz CT molecular complexity index is 90.5. The summed E-state index contributed by atoms with van der Waals surface area (Å²) >= 11 is 9.79. The summed E-state index contributed by atoms with van der Waals surface area (Å²) in [7, 11) is -1.26. The summed E-state index contributed by atoms with van der Waals surface area (Å²) in [6.45, 7) is 0.609. The van der Waals surface area contributed by atoms with E-state index in [2.05, 4.69) is 8.58 Å². The van der Waals surface area contributed by atoms with Crippen molar-refractivity contribution in [2.75, 3.05) is 25.5 Å². The molecule has 0 aromatic rings. The van der Waals surface area contributed by atoms with Crippen molar-refractivity contribution >= 4 is 31.5 Å². The Morgan fingerprint density at radius 2 is 1.50 bits per heavy atom. The topological polar surface area (TPSA) is 35.5 Å². The van der Waals surface area contributed by atoms with Gasteiger partial charge in [-0.25, -0.2) is 0 Å². The van der Waals surface area contributed by atoms with E-state index in [0.717, 1.165) is 0 Å². The van der Waals surface area contributed by atoms with E-state index in [4.69, 9.17) is 23.7 Å². The van der Waals surface area contributed by atoms with Crippen LogP contribution in [0, 0.1) is 0 Å². The van der Waals surface area contributed by atoms with Crippen molar-refractivity contribution in [3.8, 4) is 0 Å². The molecule has 0 bridgehead atoms. The number of halogens is 2. The highest BCUT2D eigenvalue weighted by Crippen LogP contribution is 2.19. The van der Waals surface area contributed by atoms with E-state index in [1.54, 1.807) is 0 Å². The molecule has 0 unspecified atom stereocenters. The lowest BCUT2D eigenvalue weighted by molar-refractivity contribution is 0.371. The molecule has 0 aliphatic heterocycles. The fourth-order valence-corrected chi connectivity index (χ4v) is 1.57. The maximum Gasteiger partial charge on any atom is 0.343 e. The van der Waals surface area contributed by atoms with Gasteiger partial charge in [-0.15, -0.1) is 0 Å². The minimum Gasteiger partial charge on any atom is -0.275 e. The highest BCUT2D eigenvalue weighted by Gasteiger charge is 2.13. The lowest BCUT2D eigenvalue weighted by atomic mass is 10.9. The van der Waals surface area contributed by atoms with Crippen LogP contribution < -0.4 is 0 Å².